The van der Waals surface area contributed by atoms with E-state index in [0.29, 0.717) is 29.9 Å². The van der Waals surface area contributed by atoms with Gasteiger partial charge in [0, 0.05) is 29.5 Å². The summed E-state index contributed by atoms with van der Waals surface area (Å²) in [6, 6.07) is 7.46. The molecule has 112 valence electrons. The summed E-state index contributed by atoms with van der Waals surface area (Å²) < 4.78 is 5.81. The quantitative estimate of drug-likeness (QED) is 0.851. The molecule has 0 radical (unpaired) electrons. The van der Waals surface area contributed by atoms with Crippen LogP contribution in [0, 0.1) is 5.92 Å². The van der Waals surface area contributed by atoms with Crippen LogP contribution in [0.1, 0.15) is 25.2 Å². The van der Waals surface area contributed by atoms with Gasteiger partial charge < -0.3 is 10.1 Å². The van der Waals surface area contributed by atoms with E-state index in [9.17, 15) is 0 Å². The van der Waals surface area contributed by atoms with Crippen molar-refractivity contribution in [3.63, 3.8) is 0 Å². The van der Waals surface area contributed by atoms with E-state index >= 15 is 0 Å². The second-order valence-electron chi connectivity index (χ2n) is 5.19. The Morgan fingerprint density at radius 3 is 2.67 bits per heavy atom. The molecular formula is C16H20ClN3O. The van der Waals surface area contributed by atoms with Crippen LogP contribution in [-0.4, -0.2) is 16.5 Å². The number of hydrogen-bond acceptors (Lipinski definition) is 4. The van der Waals surface area contributed by atoms with E-state index in [0.717, 1.165) is 17.9 Å². The lowest BCUT2D eigenvalue weighted by Crippen LogP contribution is -2.19. The molecule has 5 heteroatoms. The highest BCUT2D eigenvalue weighted by Gasteiger charge is 2.09. The molecule has 4 nitrogen and oxygen atoms in total. The topological polar surface area (TPSA) is 47.0 Å². The second-order valence-corrected chi connectivity index (χ2v) is 5.60. The summed E-state index contributed by atoms with van der Waals surface area (Å²) in [4.78, 5) is 8.29. The molecule has 1 heterocycles. The summed E-state index contributed by atoms with van der Waals surface area (Å²) in [5, 5.41) is 4.09. The summed E-state index contributed by atoms with van der Waals surface area (Å²) in [5.74, 6) is 2.01. The van der Waals surface area contributed by atoms with Crippen LogP contribution in [0.15, 0.2) is 36.7 Å². The van der Waals surface area contributed by atoms with Crippen molar-refractivity contribution in [2.24, 2.45) is 5.92 Å². The molecule has 0 spiro atoms. The molecule has 1 N–H and O–H groups in total. The smallest absolute Gasteiger partial charge is 0.166 e. The van der Waals surface area contributed by atoms with Crippen molar-refractivity contribution in [1.29, 1.82) is 0 Å². The number of benzene rings is 1. The molecule has 2 aromatic rings. The van der Waals surface area contributed by atoms with Gasteiger partial charge >= 0.3 is 0 Å². The molecule has 21 heavy (non-hydrogen) atoms. The van der Waals surface area contributed by atoms with E-state index in [2.05, 4.69) is 29.1 Å². The minimum absolute atomic E-state index is 0.332. The third-order valence-electron chi connectivity index (χ3n) is 2.91. The van der Waals surface area contributed by atoms with E-state index in [1.165, 1.54) is 0 Å². The number of nitrogens with one attached hydrogen (secondary N) is 1. The number of ether oxygens (including phenoxy) is 1. The fourth-order valence-corrected chi connectivity index (χ4v) is 2.11. The molecule has 0 fully saturated rings. The van der Waals surface area contributed by atoms with Gasteiger partial charge in [0.1, 0.15) is 12.4 Å². The van der Waals surface area contributed by atoms with Crippen LogP contribution in [-0.2, 0) is 13.2 Å². The van der Waals surface area contributed by atoms with Gasteiger partial charge in [-0.3, -0.25) is 0 Å². The Hall–Kier alpha value is -1.65. The molecule has 0 unspecified atom stereocenters. The Morgan fingerprint density at radius 2 is 1.95 bits per heavy atom. The Bertz CT molecular complexity index is 561. The van der Waals surface area contributed by atoms with Gasteiger partial charge in [-0.15, -0.1) is 0 Å². The van der Waals surface area contributed by atoms with Crippen molar-refractivity contribution in [3.8, 4) is 5.75 Å². The zero-order valence-electron chi connectivity index (χ0n) is 12.3. The van der Waals surface area contributed by atoms with Gasteiger partial charge in [-0.25, -0.2) is 9.97 Å². The SMILES string of the molecule is CC(C)CNCc1c(Cl)cccc1OCc1ncccn1. The van der Waals surface area contributed by atoms with Gasteiger partial charge in [-0.05, 0) is 30.7 Å². The summed E-state index contributed by atoms with van der Waals surface area (Å²) in [7, 11) is 0. The van der Waals surface area contributed by atoms with Gasteiger partial charge in [0.2, 0.25) is 0 Å². The summed E-state index contributed by atoms with van der Waals surface area (Å²) >= 11 is 6.28. The molecule has 0 aliphatic heterocycles. The highest BCUT2D eigenvalue weighted by molar-refractivity contribution is 6.31. The molecule has 0 saturated carbocycles. The van der Waals surface area contributed by atoms with Crippen molar-refractivity contribution in [3.05, 3.63) is 53.1 Å². The van der Waals surface area contributed by atoms with Crippen molar-refractivity contribution in [2.75, 3.05) is 6.54 Å². The van der Waals surface area contributed by atoms with E-state index in [4.69, 9.17) is 16.3 Å². The first-order chi connectivity index (χ1) is 10.2. The van der Waals surface area contributed by atoms with Crippen LogP contribution in [0.2, 0.25) is 5.02 Å². The Morgan fingerprint density at radius 1 is 1.19 bits per heavy atom. The first kappa shape index (κ1) is 15.7. The fraction of sp³-hybridized carbons (Fsp3) is 0.375. The van der Waals surface area contributed by atoms with E-state index in [-0.39, 0.29) is 0 Å². The lowest BCUT2D eigenvalue weighted by molar-refractivity contribution is 0.292. The summed E-state index contributed by atoms with van der Waals surface area (Å²) in [6.07, 6.45) is 3.41. The van der Waals surface area contributed by atoms with Gasteiger partial charge in [0.05, 0.1) is 0 Å². The molecule has 0 amide bonds. The third-order valence-corrected chi connectivity index (χ3v) is 3.26. The molecule has 0 saturated heterocycles. The number of hydrogen-bond donors (Lipinski definition) is 1. The summed E-state index contributed by atoms with van der Waals surface area (Å²) in [5.41, 5.74) is 0.968. The molecule has 0 bridgehead atoms. The Labute approximate surface area is 130 Å². The number of halogens is 1. The van der Waals surface area contributed by atoms with E-state index < -0.39 is 0 Å². The fourth-order valence-electron chi connectivity index (χ4n) is 1.88. The van der Waals surface area contributed by atoms with E-state index in [1.54, 1.807) is 18.5 Å². The average molecular weight is 306 g/mol. The van der Waals surface area contributed by atoms with Crippen molar-refractivity contribution >= 4 is 11.6 Å². The largest absolute Gasteiger partial charge is 0.485 e. The molecule has 0 aliphatic carbocycles. The van der Waals surface area contributed by atoms with Crippen LogP contribution in [0.4, 0.5) is 0 Å². The zero-order chi connectivity index (χ0) is 15.1. The third kappa shape index (κ3) is 4.99. The van der Waals surface area contributed by atoms with Crippen molar-refractivity contribution in [1.82, 2.24) is 15.3 Å². The Balaban J connectivity index is 2.02. The maximum Gasteiger partial charge on any atom is 0.166 e. The monoisotopic (exact) mass is 305 g/mol. The highest BCUT2D eigenvalue weighted by atomic mass is 35.5. The van der Waals surface area contributed by atoms with Crippen LogP contribution < -0.4 is 10.1 Å². The van der Waals surface area contributed by atoms with Gasteiger partial charge in [-0.1, -0.05) is 31.5 Å². The molecule has 0 atom stereocenters. The Kier molecular flexibility index (Phi) is 5.96. The molecular weight excluding hydrogens is 286 g/mol. The minimum atomic E-state index is 0.332. The predicted octanol–water partition coefficient (Wildman–Crippen LogP) is 3.45. The molecule has 1 aromatic heterocycles. The molecule has 2 rings (SSSR count). The zero-order valence-corrected chi connectivity index (χ0v) is 13.1. The lowest BCUT2D eigenvalue weighted by Gasteiger charge is -2.14. The molecule has 1 aromatic carbocycles. The van der Waals surface area contributed by atoms with Crippen LogP contribution >= 0.6 is 11.6 Å². The first-order valence-electron chi connectivity index (χ1n) is 7.03. The first-order valence-corrected chi connectivity index (χ1v) is 7.41. The average Bonchev–Trinajstić information content (AvgIpc) is 2.48. The second kappa shape index (κ2) is 7.96. The van der Waals surface area contributed by atoms with E-state index in [1.807, 2.05) is 18.2 Å². The lowest BCUT2D eigenvalue weighted by atomic mass is 10.1. The van der Waals surface area contributed by atoms with Crippen LogP contribution in [0.25, 0.3) is 0 Å². The van der Waals surface area contributed by atoms with Crippen molar-refractivity contribution < 1.29 is 4.74 Å². The van der Waals surface area contributed by atoms with Gasteiger partial charge in [0.25, 0.3) is 0 Å². The standard InChI is InChI=1S/C16H20ClN3O/c1-12(2)9-18-10-13-14(17)5-3-6-15(13)21-11-16-19-7-4-8-20-16/h3-8,12,18H,9-11H2,1-2H3. The van der Waals surface area contributed by atoms with Gasteiger partial charge in [-0.2, -0.15) is 0 Å². The normalized spacial score (nSPS) is 10.9. The number of aromatic nitrogens is 2. The number of nitrogens with zero attached hydrogens (tertiary/aromatic N) is 2. The predicted molar refractivity (Wildman–Crippen MR) is 84.4 cm³/mol. The maximum atomic E-state index is 6.28. The van der Waals surface area contributed by atoms with Crippen molar-refractivity contribution in [2.45, 2.75) is 27.0 Å². The maximum absolute atomic E-state index is 6.28. The van der Waals surface area contributed by atoms with Gasteiger partial charge in [0.15, 0.2) is 5.82 Å². The van der Waals surface area contributed by atoms with Crippen LogP contribution in [0.3, 0.4) is 0 Å². The van der Waals surface area contributed by atoms with Crippen LogP contribution in [0.5, 0.6) is 5.75 Å². The molecule has 0 aliphatic rings. The summed E-state index contributed by atoms with van der Waals surface area (Å²) in [6.45, 7) is 6.29. The highest BCUT2D eigenvalue weighted by Crippen LogP contribution is 2.26. The number of rotatable bonds is 7. The minimum Gasteiger partial charge on any atom is -0.485 e.